The van der Waals surface area contributed by atoms with Gasteiger partial charge in [0, 0.05) is 23.1 Å². The molecule has 0 radical (unpaired) electrons. The van der Waals surface area contributed by atoms with E-state index >= 15 is 0 Å². The molecule has 4 rings (SSSR count). The van der Waals surface area contributed by atoms with Crippen LogP contribution >= 0.6 is 23.8 Å². The van der Waals surface area contributed by atoms with E-state index in [1.54, 1.807) is 36.4 Å². The van der Waals surface area contributed by atoms with Gasteiger partial charge in [-0.05, 0) is 47.6 Å². The van der Waals surface area contributed by atoms with Crippen molar-refractivity contribution in [1.82, 2.24) is 10.6 Å². The summed E-state index contributed by atoms with van der Waals surface area (Å²) in [6, 6.07) is 12.7. The van der Waals surface area contributed by atoms with Crippen LogP contribution in [-0.2, 0) is 9.59 Å². The number of amides is 2. The van der Waals surface area contributed by atoms with Crippen LogP contribution in [0.25, 0.3) is 0 Å². The van der Waals surface area contributed by atoms with Crippen LogP contribution in [0, 0.1) is 5.82 Å². The highest BCUT2D eigenvalue weighted by atomic mass is 35.5. The third-order valence-electron chi connectivity index (χ3n) is 4.81. The van der Waals surface area contributed by atoms with Gasteiger partial charge >= 0.3 is 0 Å². The van der Waals surface area contributed by atoms with Crippen LogP contribution < -0.4 is 10.6 Å². The first-order valence-corrected chi connectivity index (χ1v) is 8.96. The normalized spacial score (nSPS) is 21.0. The summed E-state index contributed by atoms with van der Waals surface area (Å²) in [6.07, 6.45) is 0.334. The zero-order valence-corrected chi connectivity index (χ0v) is 15.4. The molecule has 27 heavy (non-hydrogen) atoms. The maximum atomic E-state index is 13.3. The van der Waals surface area contributed by atoms with E-state index in [1.165, 1.54) is 12.1 Å². The predicted octanol–water partition coefficient (Wildman–Crippen LogP) is 2.73. The second-order valence-corrected chi connectivity index (χ2v) is 7.22. The first-order chi connectivity index (χ1) is 12.9. The molecule has 2 heterocycles. The van der Waals surface area contributed by atoms with Crippen LogP contribution in [0.3, 0.4) is 0 Å². The van der Waals surface area contributed by atoms with Crippen molar-refractivity contribution in [3.8, 4) is 0 Å². The second kappa shape index (κ2) is 6.51. The van der Waals surface area contributed by atoms with Crippen molar-refractivity contribution < 1.29 is 14.0 Å². The lowest BCUT2D eigenvalue weighted by atomic mass is 9.77. The summed E-state index contributed by atoms with van der Waals surface area (Å²) in [5.41, 5.74) is 0.271. The number of rotatable bonds is 2. The van der Waals surface area contributed by atoms with E-state index in [1.807, 2.05) is 0 Å². The third-order valence-corrected chi connectivity index (χ3v) is 5.27. The minimum atomic E-state index is -1.68. The zero-order valence-electron chi connectivity index (χ0n) is 13.8. The summed E-state index contributed by atoms with van der Waals surface area (Å²) in [7, 11) is 0. The fraction of sp³-hybridized carbons (Fsp3) is 0.158. The Balaban J connectivity index is 1.84. The number of hydrogen-bond donors (Lipinski definition) is 2. The molecule has 0 saturated carbocycles. The Morgan fingerprint density at radius 3 is 2.22 bits per heavy atom. The van der Waals surface area contributed by atoms with Crippen molar-refractivity contribution in [3.05, 3.63) is 70.5 Å². The van der Waals surface area contributed by atoms with Gasteiger partial charge in [0.15, 0.2) is 5.11 Å². The summed E-state index contributed by atoms with van der Waals surface area (Å²) in [6.45, 7) is 0. The van der Waals surface area contributed by atoms with Crippen molar-refractivity contribution in [2.45, 2.75) is 17.9 Å². The van der Waals surface area contributed by atoms with Crippen molar-refractivity contribution >= 4 is 46.5 Å². The molecule has 2 aromatic carbocycles. The molecular formula is C19H13ClFN3O2S. The van der Waals surface area contributed by atoms with Gasteiger partial charge in [-0.2, -0.15) is 0 Å². The highest BCUT2D eigenvalue weighted by Crippen LogP contribution is 2.43. The van der Waals surface area contributed by atoms with E-state index < -0.39 is 23.3 Å². The molecule has 0 aliphatic carbocycles. The van der Waals surface area contributed by atoms with E-state index in [-0.39, 0.29) is 10.9 Å². The highest BCUT2D eigenvalue weighted by Gasteiger charge is 2.59. The number of benzene rings is 2. The molecule has 1 unspecified atom stereocenters. The van der Waals surface area contributed by atoms with Crippen LogP contribution in [0.1, 0.15) is 23.5 Å². The second-order valence-electron chi connectivity index (χ2n) is 6.38. The molecule has 1 saturated heterocycles. The van der Waals surface area contributed by atoms with Gasteiger partial charge in [0.25, 0.3) is 11.8 Å². The maximum absolute atomic E-state index is 13.3. The summed E-state index contributed by atoms with van der Waals surface area (Å²) < 4.78 is 13.3. The van der Waals surface area contributed by atoms with Gasteiger partial charge in [0.2, 0.25) is 5.54 Å². The average Bonchev–Trinajstić information content (AvgIpc) is 3.03. The summed E-state index contributed by atoms with van der Waals surface area (Å²) in [4.78, 5) is 30.3. The number of aliphatic imine (C=N–C) groups is 1. The molecule has 1 spiro atoms. The van der Waals surface area contributed by atoms with Gasteiger partial charge in [-0.15, -0.1) is 0 Å². The highest BCUT2D eigenvalue weighted by molar-refractivity contribution is 7.80. The molecule has 0 aromatic heterocycles. The van der Waals surface area contributed by atoms with Crippen LogP contribution in [0.15, 0.2) is 53.5 Å². The first kappa shape index (κ1) is 17.8. The van der Waals surface area contributed by atoms with Crippen LogP contribution in [0.2, 0.25) is 5.02 Å². The van der Waals surface area contributed by atoms with Gasteiger partial charge in [-0.3, -0.25) is 14.6 Å². The minimum Gasteiger partial charge on any atom is -0.300 e. The Bertz CT molecular complexity index is 969. The van der Waals surface area contributed by atoms with E-state index in [9.17, 15) is 14.0 Å². The van der Waals surface area contributed by atoms with Crippen molar-refractivity contribution in [2.75, 3.05) is 0 Å². The number of halogens is 2. The topological polar surface area (TPSA) is 70.6 Å². The Hall–Kier alpha value is -2.64. The lowest BCUT2D eigenvalue weighted by Gasteiger charge is -2.34. The zero-order chi connectivity index (χ0) is 19.2. The van der Waals surface area contributed by atoms with Crippen LogP contribution in [-0.4, -0.2) is 28.2 Å². The fourth-order valence-corrected chi connectivity index (χ4v) is 3.82. The fourth-order valence-electron chi connectivity index (χ4n) is 3.51. The molecule has 2 aliphatic rings. The lowest BCUT2D eigenvalue weighted by Crippen LogP contribution is -2.66. The number of nitrogens with zero attached hydrogens (tertiary/aromatic N) is 1. The molecule has 136 valence electrons. The number of thiocarbonyl (C=S) groups is 1. The molecule has 1 fully saturated rings. The molecule has 1 atom stereocenters. The molecule has 0 bridgehead atoms. The lowest BCUT2D eigenvalue weighted by molar-refractivity contribution is -0.137. The molecular weight excluding hydrogens is 389 g/mol. The molecule has 8 heteroatoms. The number of nitrogens with one attached hydrogen (secondary N) is 2. The summed E-state index contributed by atoms with van der Waals surface area (Å²) in [5, 5.41) is 5.50. The SMILES string of the molecule is O=C1NC(=S)NC(=O)C12N=C(c1ccc(F)cc1)CC2c1ccc(Cl)cc1. The molecule has 2 aromatic rings. The Morgan fingerprint density at radius 2 is 1.63 bits per heavy atom. The Labute approximate surface area is 164 Å². The Morgan fingerprint density at radius 1 is 1.04 bits per heavy atom. The van der Waals surface area contributed by atoms with E-state index in [2.05, 4.69) is 15.6 Å². The van der Waals surface area contributed by atoms with Crippen molar-refractivity contribution in [2.24, 2.45) is 4.99 Å². The summed E-state index contributed by atoms with van der Waals surface area (Å²) >= 11 is 10.9. The maximum Gasteiger partial charge on any atom is 0.264 e. The van der Waals surface area contributed by atoms with Gasteiger partial charge in [-0.25, -0.2) is 4.39 Å². The molecule has 5 nitrogen and oxygen atoms in total. The average molecular weight is 402 g/mol. The van der Waals surface area contributed by atoms with E-state index in [0.29, 0.717) is 22.7 Å². The summed E-state index contributed by atoms with van der Waals surface area (Å²) in [5.74, 6) is -2.07. The predicted molar refractivity (Wildman–Crippen MR) is 103 cm³/mol. The van der Waals surface area contributed by atoms with Crippen LogP contribution in [0.5, 0.6) is 0 Å². The van der Waals surface area contributed by atoms with E-state index in [4.69, 9.17) is 23.8 Å². The quantitative estimate of drug-likeness (QED) is 0.600. The number of carbonyl (C=O) groups excluding carboxylic acids is 2. The van der Waals surface area contributed by atoms with Crippen LogP contribution in [0.4, 0.5) is 4.39 Å². The standard InChI is InChI=1S/C19H13ClFN3O2S/c20-12-5-1-10(2-6-12)14-9-15(11-3-7-13(21)8-4-11)24-19(14)16(25)22-18(27)23-17(19)26/h1-8,14H,9H2,(H2,22,23,25,26,27). The van der Waals surface area contributed by atoms with E-state index in [0.717, 1.165) is 5.56 Å². The largest absolute Gasteiger partial charge is 0.300 e. The van der Waals surface area contributed by atoms with Gasteiger partial charge in [-0.1, -0.05) is 35.9 Å². The van der Waals surface area contributed by atoms with Gasteiger partial charge < -0.3 is 10.6 Å². The number of hydrogen-bond acceptors (Lipinski definition) is 4. The Kier molecular flexibility index (Phi) is 4.28. The van der Waals surface area contributed by atoms with Gasteiger partial charge in [0.05, 0.1) is 0 Å². The molecule has 2 aliphatic heterocycles. The van der Waals surface area contributed by atoms with Crippen molar-refractivity contribution in [3.63, 3.8) is 0 Å². The smallest absolute Gasteiger partial charge is 0.264 e. The number of carbonyl (C=O) groups is 2. The minimum absolute atomic E-state index is 0.0455. The van der Waals surface area contributed by atoms with Crippen molar-refractivity contribution in [1.29, 1.82) is 0 Å². The molecule has 2 N–H and O–H groups in total. The third kappa shape index (κ3) is 2.93. The molecule has 2 amide bonds. The van der Waals surface area contributed by atoms with Gasteiger partial charge in [0.1, 0.15) is 5.82 Å². The monoisotopic (exact) mass is 401 g/mol. The first-order valence-electron chi connectivity index (χ1n) is 8.17.